The van der Waals surface area contributed by atoms with Crippen molar-refractivity contribution in [2.45, 2.75) is 0 Å². The molecule has 8 heteroatoms. The van der Waals surface area contributed by atoms with Crippen LogP contribution >= 0.6 is 0 Å². The number of nitro benzene ring substituents is 1. The van der Waals surface area contributed by atoms with Gasteiger partial charge in [0.1, 0.15) is 12.4 Å². The quantitative estimate of drug-likeness (QED) is 0.469. The zero-order valence-corrected chi connectivity index (χ0v) is 12.8. The van der Waals surface area contributed by atoms with Gasteiger partial charge in [0.05, 0.1) is 34.2 Å². The maximum absolute atomic E-state index is 12.3. The first kappa shape index (κ1) is 16.1. The second kappa shape index (κ2) is 6.41. The van der Waals surface area contributed by atoms with E-state index >= 15 is 0 Å². The number of nitro groups is 1. The fourth-order valence-corrected chi connectivity index (χ4v) is 2.48. The van der Waals surface area contributed by atoms with E-state index in [1.807, 2.05) is 6.07 Å². The van der Waals surface area contributed by atoms with E-state index < -0.39 is 16.7 Å². The van der Waals surface area contributed by atoms with Crippen LogP contribution in [0, 0.1) is 21.4 Å². The molecule has 0 fully saturated rings. The lowest BCUT2D eigenvalue weighted by molar-refractivity contribution is -0.384. The number of hydrogen-bond acceptors (Lipinski definition) is 6. The number of amides is 2. The van der Waals surface area contributed by atoms with Gasteiger partial charge in [-0.25, -0.2) is 0 Å². The maximum Gasteiger partial charge on any atom is 0.270 e. The molecule has 2 aromatic rings. The van der Waals surface area contributed by atoms with Crippen LogP contribution in [0.5, 0.6) is 5.75 Å². The summed E-state index contributed by atoms with van der Waals surface area (Å²) >= 11 is 0. The predicted octanol–water partition coefficient (Wildman–Crippen LogP) is 2.14. The number of carbonyl (C=O) groups is 2. The molecule has 1 aliphatic rings. The number of benzene rings is 2. The van der Waals surface area contributed by atoms with Gasteiger partial charge in [-0.1, -0.05) is 0 Å². The second-order valence-electron chi connectivity index (χ2n) is 5.23. The summed E-state index contributed by atoms with van der Waals surface area (Å²) in [5, 5.41) is 19.5. The number of rotatable bonds is 5. The third-order valence-electron chi connectivity index (χ3n) is 3.73. The average Bonchev–Trinajstić information content (AvgIpc) is 2.86. The molecule has 0 saturated heterocycles. The lowest BCUT2D eigenvalue weighted by atomic mass is 10.1. The van der Waals surface area contributed by atoms with Gasteiger partial charge in [-0.05, 0) is 30.3 Å². The van der Waals surface area contributed by atoms with Crippen LogP contribution in [0.3, 0.4) is 0 Å². The van der Waals surface area contributed by atoms with E-state index in [-0.39, 0.29) is 30.0 Å². The monoisotopic (exact) mass is 337 g/mol. The van der Waals surface area contributed by atoms with E-state index in [1.54, 1.807) is 24.3 Å². The Morgan fingerprint density at radius 2 is 1.76 bits per heavy atom. The number of fused-ring (bicyclic) bond motifs is 1. The Morgan fingerprint density at radius 3 is 2.40 bits per heavy atom. The van der Waals surface area contributed by atoms with Crippen LogP contribution < -0.4 is 4.74 Å². The fraction of sp³-hybridized carbons (Fsp3) is 0.118. The highest BCUT2D eigenvalue weighted by Crippen LogP contribution is 2.26. The zero-order valence-electron chi connectivity index (χ0n) is 12.8. The van der Waals surface area contributed by atoms with Crippen LogP contribution in [0.25, 0.3) is 0 Å². The molecule has 124 valence electrons. The normalized spacial score (nSPS) is 12.7. The SMILES string of the molecule is N#Cc1ccc(OCCN2C(=O)c3ccc([N+](=O)[O-])cc3C2=O)cc1. The third kappa shape index (κ3) is 3.03. The summed E-state index contributed by atoms with van der Waals surface area (Å²) in [7, 11) is 0. The highest BCUT2D eigenvalue weighted by molar-refractivity contribution is 6.21. The average molecular weight is 337 g/mol. The van der Waals surface area contributed by atoms with E-state index in [9.17, 15) is 19.7 Å². The Balaban J connectivity index is 1.67. The molecule has 0 atom stereocenters. The van der Waals surface area contributed by atoms with Gasteiger partial charge in [0, 0.05) is 12.1 Å². The molecular formula is C17H11N3O5. The highest BCUT2D eigenvalue weighted by atomic mass is 16.6. The van der Waals surface area contributed by atoms with Crippen molar-refractivity contribution in [1.29, 1.82) is 5.26 Å². The van der Waals surface area contributed by atoms with Gasteiger partial charge in [-0.15, -0.1) is 0 Å². The van der Waals surface area contributed by atoms with Crippen molar-refractivity contribution in [3.63, 3.8) is 0 Å². The molecule has 0 aromatic heterocycles. The van der Waals surface area contributed by atoms with Crippen molar-refractivity contribution < 1.29 is 19.2 Å². The molecule has 2 amide bonds. The van der Waals surface area contributed by atoms with Crippen molar-refractivity contribution in [2.24, 2.45) is 0 Å². The molecule has 8 nitrogen and oxygen atoms in total. The lowest BCUT2D eigenvalue weighted by Gasteiger charge is -2.14. The molecule has 0 saturated carbocycles. The molecule has 2 aromatic carbocycles. The van der Waals surface area contributed by atoms with Gasteiger partial charge in [0.15, 0.2) is 0 Å². The lowest BCUT2D eigenvalue weighted by Crippen LogP contribution is -2.33. The number of nitrogens with zero attached hydrogens (tertiary/aromatic N) is 3. The third-order valence-corrected chi connectivity index (χ3v) is 3.73. The summed E-state index contributed by atoms with van der Waals surface area (Å²) in [6.07, 6.45) is 0. The van der Waals surface area contributed by atoms with Gasteiger partial charge in [-0.3, -0.25) is 24.6 Å². The van der Waals surface area contributed by atoms with Crippen LogP contribution in [0.15, 0.2) is 42.5 Å². The number of ether oxygens (including phenoxy) is 1. The number of imide groups is 1. The molecule has 0 spiro atoms. The van der Waals surface area contributed by atoms with Crippen LogP contribution in [0.4, 0.5) is 5.69 Å². The summed E-state index contributed by atoms with van der Waals surface area (Å²) in [5.41, 5.74) is 0.427. The summed E-state index contributed by atoms with van der Waals surface area (Å²) < 4.78 is 5.46. The van der Waals surface area contributed by atoms with Crippen molar-refractivity contribution in [3.8, 4) is 11.8 Å². The van der Waals surface area contributed by atoms with E-state index in [2.05, 4.69) is 0 Å². The van der Waals surface area contributed by atoms with E-state index in [4.69, 9.17) is 10.00 Å². The first-order valence-electron chi connectivity index (χ1n) is 7.29. The zero-order chi connectivity index (χ0) is 18.0. The van der Waals surface area contributed by atoms with Crippen LogP contribution in [-0.2, 0) is 0 Å². The minimum absolute atomic E-state index is 0.0140. The molecule has 0 unspecified atom stereocenters. The summed E-state index contributed by atoms with van der Waals surface area (Å²) in [4.78, 5) is 35.7. The van der Waals surface area contributed by atoms with Crippen molar-refractivity contribution >= 4 is 17.5 Å². The highest BCUT2D eigenvalue weighted by Gasteiger charge is 2.36. The Hall–Kier alpha value is -3.73. The number of non-ortho nitro benzene ring substituents is 1. The van der Waals surface area contributed by atoms with Crippen molar-refractivity contribution in [1.82, 2.24) is 4.90 Å². The van der Waals surface area contributed by atoms with Gasteiger partial charge in [0.25, 0.3) is 17.5 Å². The molecular weight excluding hydrogens is 326 g/mol. The van der Waals surface area contributed by atoms with Crippen LogP contribution in [-0.4, -0.2) is 34.8 Å². The smallest absolute Gasteiger partial charge is 0.270 e. The summed E-state index contributed by atoms with van der Waals surface area (Å²) in [5.74, 6) is -0.572. The Kier molecular flexibility index (Phi) is 4.14. The van der Waals surface area contributed by atoms with E-state index in [1.165, 1.54) is 12.1 Å². The first-order valence-corrected chi connectivity index (χ1v) is 7.29. The predicted molar refractivity (Wildman–Crippen MR) is 85.1 cm³/mol. The van der Waals surface area contributed by atoms with Gasteiger partial charge < -0.3 is 4.74 Å². The standard InChI is InChI=1S/C17H11N3O5/c18-10-11-1-4-13(5-2-11)25-8-7-19-16(21)14-6-3-12(20(23)24)9-15(14)17(19)22/h1-6,9H,7-8H2. The molecule has 1 aliphatic heterocycles. The number of carbonyl (C=O) groups excluding carboxylic acids is 2. The molecule has 0 bridgehead atoms. The van der Waals surface area contributed by atoms with Crippen molar-refractivity contribution in [2.75, 3.05) is 13.2 Å². The summed E-state index contributed by atoms with van der Waals surface area (Å²) in [6.45, 7) is 0.0829. The molecule has 0 radical (unpaired) electrons. The minimum Gasteiger partial charge on any atom is -0.492 e. The maximum atomic E-state index is 12.3. The van der Waals surface area contributed by atoms with Gasteiger partial charge in [-0.2, -0.15) is 5.26 Å². The molecule has 0 aliphatic carbocycles. The van der Waals surface area contributed by atoms with Crippen molar-refractivity contribution in [3.05, 3.63) is 69.3 Å². The minimum atomic E-state index is -0.616. The second-order valence-corrected chi connectivity index (χ2v) is 5.23. The molecule has 25 heavy (non-hydrogen) atoms. The van der Waals surface area contributed by atoms with Crippen LogP contribution in [0.2, 0.25) is 0 Å². The van der Waals surface area contributed by atoms with Crippen LogP contribution in [0.1, 0.15) is 26.3 Å². The first-order chi connectivity index (χ1) is 12.0. The largest absolute Gasteiger partial charge is 0.492 e. The summed E-state index contributed by atoms with van der Waals surface area (Å²) in [6, 6.07) is 12.0. The Morgan fingerprint density at radius 1 is 1.08 bits per heavy atom. The van der Waals surface area contributed by atoms with E-state index in [0.29, 0.717) is 11.3 Å². The molecule has 3 rings (SSSR count). The van der Waals surface area contributed by atoms with Gasteiger partial charge >= 0.3 is 0 Å². The Bertz CT molecular complexity index is 915. The number of hydrogen-bond donors (Lipinski definition) is 0. The van der Waals surface area contributed by atoms with Gasteiger partial charge in [0.2, 0.25) is 0 Å². The molecule has 0 N–H and O–H groups in total. The fourth-order valence-electron chi connectivity index (χ4n) is 2.48. The Labute approximate surface area is 142 Å². The topological polar surface area (TPSA) is 114 Å². The molecule has 1 heterocycles. The number of nitriles is 1. The van der Waals surface area contributed by atoms with E-state index in [0.717, 1.165) is 11.0 Å².